The van der Waals surface area contributed by atoms with E-state index < -0.39 is 12.1 Å². The lowest BCUT2D eigenvalue weighted by Crippen LogP contribution is -2.40. The molecule has 1 saturated heterocycles. The molecule has 2 aliphatic rings. The molecular weight excluding hydrogens is 206 g/mol. The van der Waals surface area contributed by atoms with Crippen LogP contribution in [0.3, 0.4) is 0 Å². The van der Waals surface area contributed by atoms with Gasteiger partial charge in [-0.2, -0.15) is 0 Å². The molecule has 16 heavy (non-hydrogen) atoms. The average molecular weight is 219 g/mol. The Labute approximate surface area is 93.9 Å². The topological polar surface area (TPSA) is 46.6 Å². The first-order valence-electron chi connectivity index (χ1n) is 5.08. The van der Waals surface area contributed by atoms with Crippen molar-refractivity contribution in [2.24, 2.45) is 5.92 Å². The number of ether oxygens (including phenoxy) is 1. The quantitative estimate of drug-likeness (QED) is 0.369. The maximum absolute atomic E-state index is 12.0. The van der Waals surface area contributed by atoms with Gasteiger partial charge in [0.2, 0.25) is 0 Å². The van der Waals surface area contributed by atoms with Crippen molar-refractivity contribution in [2.75, 3.05) is 14.1 Å². The highest BCUT2D eigenvalue weighted by molar-refractivity contribution is 6.20. The van der Waals surface area contributed by atoms with Crippen molar-refractivity contribution < 1.29 is 14.3 Å². The fourth-order valence-corrected chi connectivity index (χ4v) is 1.78. The molecule has 0 spiro atoms. The van der Waals surface area contributed by atoms with Crippen LogP contribution in [0.25, 0.3) is 0 Å². The summed E-state index contributed by atoms with van der Waals surface area (Å²) in [6, 6.07) is 0. The lowest BCUT2D eigenvalue weighted by Gasteiger charge is -2.29. The highest BCUT2D eigenvalue weighted by Gasteiger charge is 2.39. The lowest BCUT2D eigenvalue weighted by molar-refractivity contribution is -0.151. The molecule has 0 bridgehead atoms. The zero-order chi connectivity index (χ0) is 11.7. The van der Waals surface area contributed by atoms with Crippen LogP contribution in [-0.2, 0) is 14.3 Å². The minimum Gasteiger partial charge on any atom is -0.453 e. The maximum Gasteiger partial charge on any atom is 0.343 e. The van der Waals surface area contributed by atoms with Gasteiger partial charge < -0.3 is 9.64 Å². The van der Waals surface area contributed by atoms with Gasteiger partial charge in [-0.25, -0.2) is 4.79 Å². The molecule has 4 heteroatoms. The first-order chi connectivity index (χ1) is 7.59. The molecule has 0 N–H and O–H groups in total. The summed E-state index contributed by atoms with van der Waals surface area (Å²) in [4.78, 5) is 25.3. The van der Waals surface area contributed by atoms with Gasteiger partial charge in [-0.05, 0) is 6.08 Å². The Kier molecular flexibility index (Phi) is 2.64. The Balaban J connectivity index is 2.32. The number of carbonyl (C=O) groups is 2. The molecule has 0 radical (unpaired) electrons. The molecule has 4 nitrogen and oxygen atoms in total. The van der Waals surface area contributed by atoms with Gasteiger partial charge in [0.25, 0.3) is 0 Å². The van der Waals surface area contributed by atoms with E-state index in [2.05, 4.69) is 0 Å². The van der Waals surface area contributed by atoms with Crippen molar-refractivity contribution in [1.82, 2.24) is 4.90 Å². The fourth-order valence-electron chi connectivity index (χ4n) is 1.78. The van der Waals surface area contributed by atoms with Gasteiger partial charge in [0.05, 0.1) is 5.92 Å². The number of nitrogens with zero attached hydrogens (tertiary/aromatic N) is 1. The number of ketones is 1. The Bertz CT molecular complexity index is 418. The summed E-state index contributed by atoms with van der Waals surface area (Å²) in [6.45, 7) is 0. The number of carbonyl (C=O) groups excluding carboxylic acids is 2. The molecule has 2 rings (SSSR count). The van der Waals surface area contributed by atoms with E-state index in [1.54, 1.807) is 43.3 Å². The molecule has 1 aliphatic carbocycles. The number of hydrogen-bond acceptors (Lipinski definition) is 4. The van der Waals surface area contributed by atoms with Crippen LogP contribution in [0.2, 0.25) is 0 Å². The molecule has 1 fully saturated rings. The van der Waals surface area contributed by atoms with Gasteiger partial charge in [0.15, 0.2) is 5.78 Å². The van der Waals surface area contributed by atoms with Crippen molar-refractivity contribution in [1.29, 1.82) is 0 Å². The molecule has 1 aliphatic heterocycles. The third-order valence-electron chi connectivity index (χ3n) is 2.50. The number of hydrogen-bond donors (Lipinski definition) is 0. The Morgan fingerprint density at radius 2 is 1.94 bits per heavy atom. The van der Waals surface area contributed by atoms with Gasteiger partial charge in [-0.3, -0.25) is 4.79 Å². The second-order valence-corrected chi connectivity index (χ2v) is 4.04. The van der Waals surface area contributed by atoms with Gasteiger partial charge in [0, 0.05) is 20.3 Å². The van der Waals surface area contributed by atoms with Gasteiger partial charge in [-0.15, -0.1) is 0 Å². The molecule has 84 valence electrons. The van der Waals surface area contributed by atoms with Crippen molar-refractivity contribution in [3.8, 4) is 0 Å². The van der Waals surface area contributed by atoms with Crippen LogP contribution in [-0.4, -0.2) is 36.9 Å². The van der Waals surface area contributed by atoms with Crippen molar-refractivity contribution in [2.45, 2.75) is 6.10 Å². The fraction of sp³-hybridized carbons (Fsp3) is 0.333. The van der Waals surface area contributed by atoms with E-state index in [0.717, 1.165) is 0 Å². The average Bonchev–Trinajstić information content (AvgIpc) is 2.24. The zero-order valence-electron chi connectivity index (χ0n) is 9.21. The Hall–Kier alpha value is -1.84. The number of fused-ring (bicyclic) bond motifs is 1. The predicted molar refractivity (Wildman–Crippen MR) is 58.4 cm³/mol. The molecule has 0 amide bonds. The van der Waals surface area contributed by atoms with Crippen LogP contribution in [0.5, 0.6) is 0 Å². The largest absolute Gasteiger partial charge is 0.453 e. The number of esters is 1. The Morgan fingerprint density at radius 1 is 1.25 bits per heavy atom. The molecule has 0 aromatic rings. The van der Waals surface area contributed by atoms with E-state index >= 15 is 0 Å². The summed E-state index contributed by atoms with van der Waals surface area (Å²) in [5.74, 6) is -1.08. The minimum atomic E-state index is -0.542. The molecule has 1 heterocycles. The molecule has 0 saturated carbocycles. The molecule has 2 unspecified atom stereocenters. The predicted octanol–water partition coefficient (Wildman–Crippen LogP) is 0.669. The smallest absolute Gasteiger partial charge is 0.343 e. The summed E-state index contributed by atoms with van der Waals surface area (Å²) < 4.78 is 5.18. The summed E-state index contributed by atoms with van der Waals surface area (Å²) in [5, 5.41) is 0. The first-order valence-corrected chi connectivity index (χ1v) is 5.08. The van der Waals surface area contributed by atoms with Crippen molar-refractivity contribution in [3.63, 3.8) is 0 Å². The molecule has 0 aromatic carbocycles. The van der Waals surface area contributed by atoms with E-state index in [1.165, 1.54) is 6.20 Å². The number of rotatable bonds is 1. The van der Waals surface area contributed by atoms with Gasteiger partial charge in [-0.1, -0.05) is 18.2 Å². The van der Waals surface area contributed by atoms with Crippen LogP contribution in [0.4, 0.5) is 0 Å². The second kappa shape index (κ2) is 3.96. The van der Waals surface area contributed by atoms with E-state index in [-0.39, 0.29) is 17.3 Å². The third-order valence-corrected chi connectivity index (χ3v) is 2.50. The first kappa shape index (κ1) is 10.7. The standard InChI is InChI=1S/C12H13NO3/c1-13(2)7-9-11(14)8-5-3-4-6-10(8)16-12(9)15/h3-8,10H,1-2H3. The monoisotopic (exact) mass is 219 g/mol. The van der Waals surface area contributed by atoms with Crippen LogP contribution in [0.1, 0.15) is 0 Å². The highest BCUT2D eigenvalue weighted by atomic mass is 16.5. The van der Waals surface area contributed by atoms with Crippen molar-refractivity contribution in [3.05, 3.63) is 36.1 Å². The van der Waals surface area contributed by atoms with Crippen LogP contribution in [0.15, 0.2) is 36.1 Å². The van der Waals surface area contributed by atoms with Gasteiger partial charge >= 0.3 is 5.97 Å². The summed E-state index contributed by atoms with van der Waals surface area (Å²) in [5.41, 5.74) is 0.117. The van der Waals surface area contributed by atoms with E-state index in [9.17, 15) is 9.59 Å². The molecular formula is C12H13NO3. The minimum absolute atomic E-state index is 0.117. The lowest BCUT2D eigenvalue weighted by atomic mass is 9.87. The normalized spacial score (nSPS) is 30.2. The van der Waals surface area contributed by atoms with Gasteiger partial charge in [0.1, 0.15) is 11.7 Å². The molecule has 2 atom stereocenters. The van der Waals surface area contributed by atoms with Crippen LogP contribution in [0, 0.1) is 5.92 Å². The number of Topliss-reactive ketones (excluding diaryl/α,β-unsaturated/α-hetero) is 1. The van der Waals surface area contributed by atoms with Crippen LogP contribution < -0.4 is 0 Å². The maximum atomic E-state index is 12.0. The third kappa shape index (κ3) is 1.78. The van der Waals surface area contributed by atoms with E-state index in [4.69, 9.17) is 4.74 Å². The Morgan fingerprint density at radius 3 is 2.62 bits per heavy atom. The van der Waals surface area contributed by atoms with E-state index in [0.29, 0.717) is 0 Å². The molecule has 0 aromatic heterocycles. The summed E-state index contributed by atoms with van der Waals surface area (Å²) in [7, 11) is 3.52. The zero-order valence-corrected chi connectivity index (χ0v) is 9.21. The van der Waals surface area contributed by atoms with Crippen molar-refractivity contribution >= 4 is 11.8 Å². The van der Waals surface area contributed by atoms with Crippen LogP contribution >= 0.6 is 0 Å². The highest BCUT2D eigenvalue weighted by Crippen LogP contribution is 2.26. The second-order valence-electron chi connectivity index (χ2n) is 4.04. The number of allylic oxidation sites excluding steroid dienone is 2. The summed E-state index contributed by atoms with van der Waals surface area (Å²) >= 11 is 0. The SMILES string of the molecule is CN(C)C=C1C(=O)OC2C=CC=CC2C1=O. The summed E-state index contributed by atoms with van der Waals surface area (Å²) in [6.07, 6.45) is 8.14. The van der Waals surface area contributed by atoms with E-state index in [1.807, 2.05) is 0 Å².